The smallest absolute Gasteiger partial charge is 0.228 e. The summed E-state index contributed by atoms with van der Waals surface area (Å²) in [7, 11) is 0. The Bertz CT molecular complexity index is 501. The highest BCUT2D eigenvalue weighted by Gasteiger charge is 2.11. The Kier molecular flexibility index (Phi) is 2.87. The molecule has 2 aromatic rings. The van der Waals surface area contributed by atoms with Crippen LogP contribution in [0.4, 0.5) is 0 Å². The van der Waals surface area contributed by atoms with Crippen molar-refractivity contribution in [2.24, 2.45) is 5.92 Å². The molecule has 6 heteroatoms. The average Bonchev–Trinajstić information content (AvgIpc) is 2.78. The van der Waals surface area contributed by atoms with Crippen molar-refractivity contribution in [3.63, 3.8) is 0 Å². The highest BCUT2D eigenvalue weighted by molar-refractivity contribution is 5.46. The predicted octanol–water partition coefficient (Wildman–Crippen LogP) is 1.23. The molecule has 0 amide bonds. The molecule has 0 aliphatic heterocycles. The van der Waals surface area contributed by atoms with Crippen LogP contribution in [0, 0.1) is 17.2 Å². The van der Waals surface area contributed by atoms with E-state index in [2.05, 4.69) is 26.2 Å². The molecule has 16 heavy (non-hydrogen) atoms. The first kappa shape index (κ1) is 10.2. The van der Waals surface area contributed by atoms with Crippen LogP contribution in [0.5, 0.6) is 0 Å². The second-order valence-electron chi connectivity index (χ2n) is 3.34. The van der Waals surface area contributed by atoms with Gasteiger partial charge in [0.05, 0.1) is 12.0 Å². The van der Waals surface area contributed by atoms with Crippen LogP contribution in [0.15, 0.2) is 23.1 Å². The molecule has 6 nitrogen and oxygen atoms in total. The molecule has 0 bridgehead atoms. The Morgan fingerprint density at radius 1 is 1.56 bits per heavy atom. The largest absolute Gasteiger partial charge is 0.339 e. The summed E-state index contributed by atoms with van der Waals surface area (Å²) >= 11 is 0. The second kappa shape index (κ2) is 4.49. The van der Waals surface area contributed by atoms with Gasteiger partial charge >= 0.3 is 0 Å². The fourth-order valence-electron chi connectivity index (χ4n) is 1.17. The van der Waals surface area contributed by atoms with Gasteiger partial charge in [-0.1, -0.05) is 5.16 Å². The van der Waals surface area contributed by atoms with Crippen molar-refractivity contribution < 1.29 is 4.52 Å². The van der Waals surface area contributed by atoms with E-state index in [1.54, 1.807) is 19.2 Å². The van der Waals surface area contributed by atoms with Gasteiger partial charge in [0.2, 0.25) is 11.7 Å². The molecule has 80 valence electrons. The van der Waals surface area contributed by atoms with Gasteiger partial charge in [-0.25, -0.2) is 9.97 Å². The number of rotatable bonds is 3. The first-order chi connectivity index (χ1) is 7.79. The van der Waals surface area contributed by atoms with Gasteiger partial charge in [-0.3, -0.25) is 0 Å². The number of hydrogen-bond donors (Lipinski definition) is 0. The normalized spacial score (nSPS) is 12.0. The van der Waals surface area contributed by atoms with Gasteiger partial charge in [0.25, 0.3) is 0 Å². The standard InChI is InChI=1S/C10H9N5O/c1-7(5-11)4-9-14-10(15-16-9)8-2-3-12-6-13-8/h2-3,6-7H,4H2,1H3. The Morgan fingerprint density at radius 2 is 2.44 bits per heavy atom. The summed E-state index contributed by atoms with van der Waals surface area (Å²) in [5.74, 6) is 0.726. The quantitative estimate of drug-likeness (QED) is 0.765. The van der Waals surface area contributed by atoms with Crippen molar-refractivity contribution in [3.8, 4) is 17.6 Å². The summed E-state index contributed by atoms with van der Waals surface area (Å²) in [6.45, 7) is 1.80. The minimum atomic E-state index is -0.140. The predicted molar refractivity (Wildman–Crippen MR) is 53.8 cm³/mol. The van der Waals surface area contributed by atoms with E-state index in [0.29, 0.717) is 23.8 Å². The highest BCUT2D eigenvalue weighted by Crippen LogP contribution is 2.13. The molecule has 2 aromatic heterocycles. The highest BCUT2D eigenvalue weighted by atomic mass is 16.5. The minimum Gasteiger partial charge on any atom is -0.339 e. The summed E-state index contributed by atoms with van der Waals surface area (Å²) in [6.07, 6.45) is 3.48. The third-order valence-electron chi connectivity index (χ3n) is 1.98. The molecule has 0 spiro atoms. The number of nitriles is 1. The van der Waals surface area contributed by atoms with Crippen molar-refractivity contribution in [1.29, 1.82) is 5.26 Å². The molecule has 1 unspecified atom stereocenters. The van der Waals surface area contributed by atoms with Crippen LogP contribution in [-0.2, 0) is 6.42 Å². The molecule has 0 aliphatic rings. The summed E-state index contributed by atoms with van der Waals surface area (Å²) in [5.41, 5.74) is 0.606. The van der Waals surface area contributed by atoms with Crippen LogP contribution in [0.25, 0.3) is 11.5 Å². The van der Waals surface area contributed by atoms with Crippen molar-refractivity contribution in [3.05, 3.63) is 24.5 Å². The first-order valence-corrected chi connectivity index (χ1v) is 4.78. The molecule has 1 atom stereocenters. The van der Waals surface area contributed by atoms with Crippen molar-refractivity contribution in [1.82, 2.24) is 20.1 Å². The van der Waals surface area contributed by atoms with Gasteiger partial charge < -0.3 is 4.52 Å². The van der Waals surface area contributed by atoms with Crippen molar-refractivity contribution in [2.75, 3.05) is 0 Å². The third-order valence-corrected chi connectivity index (χ3v) is 1.98. The zero-order chi connectivity index (χ0) is 11.4. The molecule has 0 saturated carbocycles. The molecular formula is C10H9N5O. The van der Waals surface area contributed by atoms with Crippen LogP contribution < -0.4 is 0 Å². The van der Waals surface area contributed by atoms with Gasteiger partial charge in [-0.15, -0.1) is 0 Å². The molecule has 2 heterocycles. The topological polar surface area (TPSA) is 88.5 Å². The molecule has 0 fully saturated rings. The van der Waals surface area contributed by atoms with E-state index in [1.807, 2.05) is 0 Å². The van der Waals surface area contributed by atoms with Gasteiger partial charge in [0.1, 0.15) is 12.0 Å². The molecule has 0 aliphatic carbocycles. The van der Waals surface area contributed by atoms with Crippen LogP contribution in [0.3, 0.4) is 0 Å². The number of aromatic nitrogens is 4. The van der Waals surface area contributed by atoms with Crippen molar-refractivity contribution >= 4 is 0 Å². The monoisotopic (exact) mass is 215 g/mol. The number of hydrogen-bond acceptors (Lipinski definition) is 6. The minimum absolute atomic E-state index is 0.140. The van der Waals surface area contributed by atoms with Crippen molar-refractivity contribution in [2.45, 2.75) is 13.3 Å². The maximum absolute atomic E-state index is 8.66. The molecule has 2 rings (SSSR count). The second-order valence-corrected chi connectivity index (χ2v) is 3.34. The Balaban J connectivity index is 2.18. The lowest BCUT2D eigenvalue weighted by atomic mass is 10.1. The van der Waals surface area contributed by atoms with E-state index in [4.69, 9.17) is 9.78 Å². The lowest BCUT2D eigenvalue weighted by Crippen LogP contribution is -1.96. The van der Waals surface area contributed by atoms with E-state index >= 15 is 0 Å². The van der Waals surface area contributed by atoms with Crippen LogP contribution in [0.2, 0.25) is 0 Å². The van der Waals surface area contributed by atoms with Crippen LogP contribution in [-0.4, -0.2) is 20.1 Å². The maximum atomic E-state index is 8.66. The summed E-state index contributed by atoms with van der Waals surface area (Å²) in [4.78, 5) is 11.9. The fraction of sp³-hybridized carbons (Fsp3) is 0.300. The lowest BCUT2D eigenvalue weighted by molar-refractivity contribution is 0.369. The molecule has 0 saturated heterocycles. The zero-order valence-electron chi connectivity index (χ0n) is 8.66. The first-order valence-electron chi connectivity index (χ1n) is 4.78. The van der Waals surface area contributed by atoms with E-state index in [1.165, 1.54) is 6.33 Å². The van der Waals surface area contributed by atoms with Gasteiger partial charge in [-0.05, 0) is 13.0 Å². The third kappa shape index (κ3) is 2.20. The van der Waals surface area contributed by atoms with Crippen LogP contribution >= 0.6 is 0 Å². The molecule has 0 radical (unpaired) electrons. The van der Waals surface area contributed by atoms with E-state index in [0.717, 1.165) is 0 Å². The Hall–Kier alpha value is -2.29. The molecular weight excluding hydrogens is 206 g/mol. The maximum Gasteiger partial charge on any atom is 0.228 e. The van der Waals surface area contributed by atoms with Gasteiger partial charge in [-0.2, -0.15) is 10.2 Å². The Labute approximate surface area is 92.0 Å². The fourth-order valence-corrected chi connectivity index (χ4v) is 1.17. The molecule has 0 aromatic carbocycles. The van der Waals surface area contributed by atoms with E-state index < -0.39 is 0 Å². The molecule has 0 N–H and O–H groups in total. The van der Waals surface area contributed by atoms with Gasteiger partial charge in [0, 0.05) is 12.6 Å². The van der Waals surface area contributed by atoms with Crippen LogP contribution in [0.1, 0.15) is 12.8 Å². The van der Waals surface area contributed by atoms with Gasteiger partial charge in [0.15, 0.2) is 0 Å². The number of nitrogens with zero attached hydrogens (tertiary/aromatic N) is 5. The van der Waals surface area contributed by atoms with E-state index in [9.17, 15) is 0 Å². The summed E-state index contributed by atoms with van der Waals surface area (Å²) in [5, 5.41) is 12.4. The Morgan fingerprint density at radius 3 is 3.12 bits per heavy atom. The summed E-state index contributed by atoms with van der Waals surface area (Å²) < 4.78 is 5.02. The lowest BCUT2D eigenvalue weighted by Gasteiger charge is -1.93. The van der Waals surface area contributed by atoms with E-state index in [-0.39, 0.29) is 5.92 Å². The zero-order valence-corrected chi connectivity index (χ0v) is 8.66. The SMILES string of the molecule is CC(C#N)Cc1nc(-c2ccncn2)no1. The summed E-state index contributed by atoms with van der Waals surface area (Å²) in [6, 6.07) is 3.81. The average molecular weight is 215 g/mol.